The summed E-state index contributed by atoms with van der Waals surface area (Å²) in [4.78, 5) is 14.1. The molecule has 0 aliphatic carbocycles. The third-order valence-corrected chi connectivity index (χ3v) is 5.67. The molecule has 28 heavy (non-hydrogen) atoms. The van der Waals surface area contributed by atoms with Crippen LogP contribution in [-0.2, 0) is 16.0 Å². The molecule has 0 bridgehead atoms. The average Bonchev–Trinajstić information content (AvgIpc) is 3.15. The van der Waals surface area contributed by atoms with E-state index in [2.05, 4.69) is 39.5 Å². The van der Waals surface area contributed by atoms with E-state index in [0.29, 0.717) is 0 Å². The van der Waals surface area contributed by atoms with Crippen molar-refractivity contribution in [2.75, 3.05) is 60.1 Å². The molecule has 9 heteroatoms. The van der Waals surface area contributed by atoms with Crippen LogP contribution in [0.4, 0.5) is 0 Å². The Morgan fingerprint density at radius 1 is 1.43 bits per heavy atom. The molecule has 0 radical (unpaired) electrons. The molecular weight excluding hydrogens is 489 g/mol. The van der Waals surface area contributed by atoms with Gasteiger partial charge in [0.2, 0.25) is 0 Å². The number of morpholine rings is 1. The Morgan fingerprint density at radius 2 is 2.18 bits per heavy atom. The van der Waals surface area contributed by atoms with Gasteiger partial charge in [-0.25, -0.2) is 4.98 Å². The first-order valence-electron chi connectivity index (χ1n) is 9.90. The van der Waals surface area contributed by atoms with E-state index >= 15 is 0 Å². The highest BCUT2D eigenvalue weighted by Gasteiger charge is 2.13. The van der Waals surface area contributed by atoms with Crippen LogP contribution in [0.1, 0.15) is 43.5 Å². The minimum atomic E-state index is 0. The molecule has 1 fully saturated rings. The Hall–Kier alpha value is -0.490. The van der Waals surface area contributed by atoms with Gasteiger partial charge in [-0.15, -0.1) is 35.3 Å². The summed E-state index contributed by atoms with van der Waals surface area (Å²) in [5.41, 5.74) is 1.05. The number of nitrogens with one attached hydrogen (secondary N) is 1. The summed E-state index contributed by atoms with van der Waals surface area (Å²) in [6.07, 6.45) is 2.32. The third-order valence-electron chi connectivity index (χ3n) is 4.61. The third kappa shape index (κ3) is 8.89. The van der Waals surface area contributed by atoms with Crippen LogP contribution in [0.5, 0.6) is 0 Å². The molecule has 0 saturated carbocycles. The fraction of sp³-hybridized carbons (Fsp3) is 0.789. The Bertz CT molecular complexity index is 566. The number of unbranched alkanes of at least 4 members (excludes halogenated alkanes) is 1. The Balaban J connectivity index is 0.00000392. The number of nitrogens with zero attached hydrogens (tertiary/aromatic N) is 4. The van der Waals surface area contributed by atoms with Crippen LogP contribution >= 0.6 is 35.3 Å². The zero-order valence-corrected chi connectivity index (χ0v) is 20.8. The molecule has 0 amide bonds. The van der Waals surface area contributed by atoms with E-state index < -0.39 is 0 Å². The lowest BCUT2D eigenvalue weighted by atomic mass is 10.3. The highest BCUT2D eigenvalue weighted by Crippen LogP contribution is 2.20. The van der Waals surface area contributed by atoms with Crippen molar-refractivity contribution >= 4 is 41.3 Å². The van der Waals surface area contributed by atoms with Gasteiger partial charge in [-0.1, -0.05) is 0 Å². The first-order valence-corrected chi connectivity index (χ1v) is 10.8. The summed E-state index contributed by atoms with van der Waals surface area (Å²) >= 11 is 1.65. The SMILES string of the molecule is CCNC(=NCCCCN1CCOCC1)N(C)Cc1csc(C(C)OC)n1.I. The average molecular weight is 526 g/mol. The number of methoxy groups -OCH3 is 1. The van der Waals surface area contributed by atoms with Gasteiger partial charge in [-0.2, -0.15) is 0 Å². The summed E-state index contributed by atoms with van der Waals surface area (Å²) in [6, 6.07) is 0. The molecule has 2 heterocycles. The number of ether oxygens (including phenoxy) is 2. The molecule has 7 nitrogen and oxygen atoms in total. The molecule has 1 atom stereocenters. The smallest absolute Gasteiger partial charge is 0.194 e. The number of aliphatic imine (C=N–C) groups is 1. The highest BCUT2D eigenvalue weighted by atomic mass is 127. The lowest BCUT2D eigenvalue weighted by Crippen LogP contribution is -2.38. The standard InChI is InChI=1S/C19H35N5O2S.HI/c1-5-20-19(21-8-6-7-9-24-10-12-26-13-11-24)23(3)14-17-15-27-18(22-17)16(2)25-4;/h15-16H,5-14H2,1-4H3,(H,20,21);1H. The van der Waals surface area contributed by atoms with Crippen molar-refractivity contribution < 1.29 is 9.47 Å². The van der Waals surface area contributed by atoms with Crippen molar-refractivity contribution in [1.82, 2.24) is 20.1 Å². The first kappa shape index (κ1) is 25.5. The number of guanidine groups is 1. The van der Waals surface area contributed by atoms with Gasteiger partial charge in [0.1, 0.15) is 11.1 Å². The van der Waals surface area contributed by atoms with Crippen molar-refractivity contribution in [3.63, 3.8) is 0 Å². The predicted octanol–water partition coefficient (Wildman–Crippen LogP) is 2.98. The number of thiazole rings is 1. The maximum atomic E-state index is 5.39. The molecule has 1 aromatic heterocycles. The number of hydrogen-bond donors (Lipinski definition) is 1. The molecule has 2 rings (SSSR count). The second kappa shape index (κ2) is 14.5. The lowest BCUT2D eigenvalue weighted by Gasteiger charge is -2.26. The van der Waals surface area contributed by atoms with E-state index in [1.54, 1.807) is 18.4 Å². The summed E-state index contributed by atoms with van der Waals surface area (Å²) in [5.74, 6) is 0.943. The number of aromatic nitrogens is 1. The second-order valence-corrected chi connectivity index (χ2v) is 7.70. The van der Waals surface area contributed by atoms with Crippen molar-refractivity contribution in [2.24, 2.45) is 4.99 Å². The van der Waals surface area contributed by atoms with Crippen molar-refractivity contribution in [2.45, 2.75) is 39.3 Å². The maximum absolute atomic E-state index is 5.39. The van der Waals surface area contributed by atoms with Crippen LogP contribution < -0.4 is 5.32 Å². The molecule has 0 aromatic carbocycles. The minimum absolute atomic E-state index is 0. The van der Waals surface area contributed by atoms with E-state index in [-0.39, 0.29) is 30.1 Å². The second-order valence-electron chi connectivity index (χ2n) is 6.81. The van der Waals surface area contributed by atoms with Gasteiger partial charge in [0, 0.05) is 45.7 Å². The molecule has 1 N–H and O–H groups in total. The van der Waals surface area contributed by atoms with Gasteiger partial charge in [0.15, 0.2) is 5.96 Å². The van der Waals surface area contributed by atoms with Crippen LogP contribution in [0.25, 0.3) is 0 Å². The number of hydrogen-bond acceptors (Lipinski definition) is 6. The molecule has 1 aliphatic rings. The topological polar surface area (TPSA) is 62.2 Å². The van der Waals surface area contributed by atoms with Crippen LogP contribution in [0.3, 0.4) is 0 Å². The van der Waals surface area contributed by atoms with E-state index in [4.69, 9.17) is 14.5 Å². The molecule has 1 unspecified atom stereocenters. The van der Waals surface area contributed by atoms with Crippen LogP contribution in [0.2, 0.25) is 0 Å². The lowest BCUT2D eigenvalue weighted by molar-refractivity contribution is 0.0373. The van der Waals surface area contributed by atoms with E-state index in [1.807, 2.05) is 6.92 Å². The van der Waals surface area contributed by atoms with E-state index in [0.717, 1.165) is 75.6 Å². The molecule has 1 aliphatic heterocycles. The van der Waals surface area contributed by atoms with Crippen LogP contribution in [0, 0.1) is 0 Å². The monoisotopic (exact) mass is 525 g/mol. The summed E-state index contributed by atoms with van der Waals surface area (Å²) < 4.78 is 10.7. The minimum Gasteiger partial charge on any atom is -0.379 e. The fourth-order valence-corrected chi connectivity index (χ4v) is 3.77. The zero-order chi connectivity index (χ0) is 19.5. The maximum Gasteiger partial charge on any atom is 0.194 e. The summed E-state index contributed by atoms with van der Waals surface area (Å²) in [5, 5.41) is 6.51. The Labute approximate surface area is 190 Å². The van der Waals surface area contributed by atoms with Crippen LogP contribution in [0.15, 0.2) is 10.4 Å². The Morgan fingerprint density at radius 3 is 2.86 bits per heavy atom. The van der Waals surface area contributed by atoms with Gasteiger partial charge in [0.25, 0.3) is 0 Å². The normalized spacial score (nSPS) is 16.5. The molecule has 1 saturated heterocycles. The number of halogens is 1. The first-order chi connectivity index (χ1) is 13.1. The number of rotatable bonds is 10. The fourth-order valence-electron chi connectivity index (χ4n) is 2.93. The van der Waals surface area contributed by atoms with Gasteiger partial charge in [-0.3, -0.25) is 9.89 Å². The Kier molecular flexibility index (Phi) is 13.2. The van der Waals surface area contributed by atoms with E-state index in [9.17, 15) is 0 Å². The van der Waals surface area contributed by atoms with Crippen molar-refractivity contribution in [1.29, 1.82) is 0 Å². The predicted molar refractivity (Wildman–Crippen MR) is 127 cm³/mol. The largest absolute Gasteiger partial charge is 0.379 e. The molecule has 1 aromatic rings. The summed E-state index contributed by atoms with van der Waals surface area (Å²) in [6.45, 7) is 11.6. The molecule has 162 valence electrons. The highest BCUT2D eigenvalue weighted by molar-refractivity contribution is 14.0. The van der Waals surface area contributed by atoms with Crippen molar-refractivity contribution in [3.05, 3.63) is 16.1 Å². The van der Waals surface area contributed by atoms with Crippen molar-refractivity contribution in [3.8, 4) is 0 Å². The molecular formula is C19H36IN5O2S. The van der Waals surface area contributed by atoms with Gasteiger partial charge in [-0.05, 0) is 33.2 Å². The quantitative estimate of drug-likeness (QED) is 0.220. The van der Waals surface area contributed by atoms with E-state index in [1.165, 1.54) is 6.42 Å². The van der Waals surface area contributed by atoms with Gasteiger partial charge >= 0.3 is 0 Å². The van der Waals surface area contributed by atoms with Crippen LogP contribution in [-0.4, -0.2) is 80.8 Å². The van der Waals surface area contributed by atoms with Gasteiger partial charge in [0.05, 0.1) is 25.5 Å². The zero-order valence-electron chi connectivity index (χ0n) is 17.6. The van der Waals surface area contributed by atoms with Gasteiger partial charge < -0.3 is 19.7 Å². The summed E-state index contributed by atoms with van der Waals surface area (Å²) in [7, 11) is 3.78. The molecule has 0 spiro atoms.